The zero-order valence-corrected chi connectivity index (χ0v) is 14.9. The van der Waals surface area contributed by atoms with Gasteiger partial charge in [-0.15, -0.1) is 0 Å². The molecule has 0 spiro atoms. The van der Waals surface area contributed by atoms with Gasteiger partial charge in [0, 0.05) is 18.6 Å². The Kier molecular flexibility index (Phi) is 4.79. The molecule has 21 heavy (non-hydrogen) atoms. The molecule has 1 atom stereocenters. The molecule has 4 heteroatoms. The summed E-state index contributed by atoms with van der Waals surface area (Å²) in [5, 5.41) is 1.16. The summed E-state index contributed by atoms with van der Waals surface area (Å²) in [7, 11) is 1.31. The predicted molar refractivity (Wildman–Crippen MR) is 90.2 cm³/mol. The van der Waals surface area contributed by atoms with Crippen LogP contribution in [0, 0.1) is 5.41 Å². The molecular weight excluding hydrogens is 278 g/mol. The summed E-state index contributed by atoms with van der Waals surface area (Å²) in [5.74, 6) is 0.937. The molecule has 1 heterocycles. The Bertz CT molecular complexity index is 598. The lowest BCUT2D eigenvalue weighted by Gasteiger charge is -2.32. The topological polar surface area (TPSA) is 23.4 Å². The fourth-order valence-electron chi connectivity index (χ4n) is 2.33. The fourth-order valence-corrected chi connectivity index (χ4v) is 3.32. The Labute approximate surface area is 129 Å². The summed E-state index contributed by atoms with van der Waals surface area (Å²) in [6, 6.07) is 8.31. The molecular formula is C17H26NO2Si. The summed E-state index contributed by atoms with van der Waals surface area (Å²) in [5.41, 5.74) is 1.27. The molecule has 1 aromatic heterocycles. The average molecular weight is 304 g/mol. The van der Waals surface area contributed by atoms with Crippen molar-refractivity contribution in [3.8, 4) is 5.75 Å². The number of aryl methyl sites for hydroxylation is 1. The van der Waals surface area contributed by atoms with Gasteiger partial charge in [-0.05, 0) is 30.6 Å². The molecule has 0 aliphatic rings. The van der Waals surface area contributed by atoms with Crippen molar-refractivity contribution in [1.29, 1.82) is 0 Å². The van der Waals surface area contributed by atoms with E-state index in [-0.39, 0.29) is 11.5 Å². The summed E-state index contributed by atoms with van der Waals surface area (Å²) in [6.45, 7) is 11.5. The number of fused-ring (bicyclic) bond motifs is 1. The van der Waals surface area contributed by atoms with E-state index in [1.807, 2.05) is 19.3 Å². The largest absolute Gasteiger partial charge is 0.489 e. The molecule has 0 unspecified atom stereocenters. The van der Waals surface area contributed by atoms with Crippen LogP contribution in [-0.4, -0.2) is 26.3 Å². The lowest BCUT2D eigenvalue weighted by molar-refractivity contribution is 0.0417. The second-order valence-corrected chi connectivity index (χ2v) is 8.87. The molecule has 0 N–H and O–H groups in total. The third kappa shape index (κ3) is 3.89. The number of para-hydroxylation sites is 1. The Morgan fingerprint density at radius 1 is 1.19 bits per heavy atom. The van der Waals surface area contributed by atoms with Crippen molar-refractivity contribution in [3.63, 3.8) is 0 Å². The van der Waals surface area contributed by atoms with Crippen molar-refractivity contribution in [3.05, 3.63) is 30.5 Å². The molecule has 115 valence electrons. The van der Waals surface area contributed by atoms with Gasteiger partial charge in [0.25, 0.3) is 0 Å². The molecule has 0 fully saturated rings. The van der Waals surface area contributed by atoms with Gasteiger partial charge in [-0.2, -0.15) is 0 Å². The summed E-state index contributed by atoms with van der Waals surface area (Å²) in [4.78, 5) is 0. The van der Waals surface area contributed by atoms with E-state index in [0.29, 0.717) is 6.61 Å². The van der Waals surface area contributed by atoms with E-state index in [0.717, 1.165) is 11.1 Å². The zero-order valence-electron chi connectivity index (χ0n) is 13.9. The average Bonchev–Trinajstić information content (AvgIpc) is 2.70. The van der Waals surface area contributed by atoms with E-state index >= 15 is 0 Å². The fraction of sp³-hybridized carbons (Fsp3) is 0.529. The van der Waals surface area contributed by atoms with E-state index in [2.05, 4.69) is 56.6 Å². The lowest BCUT2D eigenvalue weighted by atomic mass is 9.90. The number of benzene rings is 1. The first-order valence-corrected chi connectivity index (χ1v) is 9.83. The van der Waals surface area contributed by atoms with Crippen LogP contribution in [0.5, 0.6) is 5.75 Å². The quantitative estimate of drug-likeness (QED) is 0.771. The molecule has 3 nitrogen and oxygen atoms in total. The number of aromatic nitrogens is 1. The van der Waals surface area contributed by atoms with Crippen LogP contribution in [0.3, 0.4) is 0 Å². The van der Waals surface area contributed by atoms with Crippen molar-refractivity contribution >= 4 is 19.9 Å². The predicted octanol–water partition coefficient (Wildman–Crippen LogP) is 4.24. The minimum absolute atomic E-state index is 0.0759. The van der Waals surface area contributed by atoms with Crippen molar-refractivity contribution in [2.75, 3.05) is 6.61 Å². The maximum Gasteiger partial charge on any atom is 0.205 e. The maximum absolute atomic E-state index is 6.13. The van der Waals surface area contributed by atoms with Gasteiger partial charge >= 0.3 is 0 Å². The molecule has 0 saturated carbocycles. The van der Waals surface area contributed by atoms with Crippen molar-refractivity contribution < 1.29 is 9.16 Å². The van der Waals surface area contributed by atoms with Crippen LogP contribution in [0.25, 0.3) is 10.9 Å². The van der Waals surface area contributed by atoms with E-state index in [1.54, 1.807) is 0 Å². The monoisotopic (exact) mass is 304 g/mol. The smallest absolute Gasteiger partial charge is 0.205 e. The highest BCUT2D eigenvalue weighted by molar-refractivity contribution is 6.48. The van der Waals surface area contributed by atoms with Gasteiger partial charge < -0.3 is 13.7 Å². The van der Waals surface area contributed by atoms with Crippen LogP contribution in [-0.2, 0) is 11.5 Å². The van der Waals surface area contributed by atoms with Crippen molar-refractivity contribution in [1.82, 2.24) is 4.57 Å². The van der Waals surface area contributed by atoms with Gasteiger partial charge in [0.2, 0.25) is 9.04 Å². The van der Waals surface area contributed by atoms with Crippen LogP contribution < -0.4 is 4.74 Å². The summed E-state index contributed by atoms with van der Waals surface area (Å²) in [6.07, 6.45) is 2.16. The van der Waals surface area contributed by atoms with Gasteiger partial charge in [-0.25, -0.2) is 0 Å². The molecule has 2 aromatic rings. The number of hydrogen-bond donors (Lipinski definition) is 0. The third-order valence-corrected chi connectivity index (χ3v) is 4.35. The number of rotatable bonds is 5. The van der Waals surface area contributed by atoms with Crippen LogP contribution in [0.2, 0.25) is 13.1 Å². The molecule has 0 aliphatic carbocycles. The number of ether oxygens (including phenoxy) is 1. The third-order valence-electron chi connectivity index (χ3n) is 3.59. The zero-order chi connectivity index (χ0) is 15.6. The van der Waals surface area contributed by atoms with Crippen LogP contribution in [0.15, 0.2) is 30.5 Å². The first-order chi connectivity index (χ1) is 9.79. The second kappa shape index (κ2) is 6.24. The van der Waals surface area contributed by atoms with Gasteiger partial charge in [0.05, 0.1) is 11.6 Å². The van der Waals surface area contributed by atoms with Gasteiger partial charge in [0.1, 0.15) is 12.4 Å². The molecule has 0 amide bonds. The standard InChI is InChI=1S/C17H26NO2Si/c1-17(2,3)16(20-21(5)6)12-19-15-11-18(4)14-10-8-7-9-13(14)15/h7-11,16H,12H2,1-6H3/t16-/m1/s1. The van der Waals surface area contributed by atoms with E-state index in [4.69, 9.17) is 9.16 Å². The molecule has 1 radical (unpaired) electrons. The minimum Gasteiger partial charge on any atom is -0.489 e. The molecule has 0 bridgehead atoms. The molecule has 1 aromatic carbocycles. The SMILES string of the molecule is Cn1cc(OC[C@@H](O[Si](C)C)C(C)(C)C)c2ccccc21. The minimum atomic E-state index is -0.741. The highest BCUT2D eigenvalue weighted by atomic mass is 28.3. The van der Waals surface area contributed by atoms with Crippen molar-refractivity contribution in [2.45, 2.75) is 40.0 Å². The van der Waals surface area contributed by atoms with E-state index < -0.39 is 9.04 Å². The normalized spacial score (nSPS) is 13.9. The number of nitrogens with zero attached hydrogens (tertiary/aromatic N) is 1. The molecule has 2 rings (SSSR count). The second-order valence-electron chi connectivity index (χ2n) is 6.81. The lowest BCUT2D eigenvalue weighted by Crippen LogP contribution is -2.38. The highest BCUT2D eigenvalue weighted by Crippen LogP contribution is 2.29. The van der Waals surface area contributed by atoms with E-state index in [9.17, 15) is 0 Å². The number of hydrogen-bond acceptors (Lipinski definition) is 2. The first-order valence-electron chi connectivity index (χ1n) is 7.42. The van der Waals surface area contributed by atoms with E-state index in [1.165, 1.54) is 5.52 Å². The van der Waals surface area contributed by atoms with Crippen molar-refractivity contribution in [2.24, 2.45) is 12.5 Å². The molecule has 0 aliphatic heterocycles. The summed E-state index contributed by atoms with van der Waals surface area (Å²) < 4.78 is 14.3. The Morgan fingerprint density at radius 2 is 1.86 bits per heavy atom. The summed E-state index contributed by atoms with van der Waals surface area (Å²) >= 11 is 0. The highest BCUT2D eigenvalue weighted by Gasteiger charge is 2.27. The Balaban J connectivity index is 2.16. The maximum atomic E-state index is 6.13. The van der Waals surface area contributed by atoms with Gasteiger partial charge in [-0.3, -0.25) is 0 Å². The Morgan fingerprint density at radius 3 is 2.48 bits per heavy atom. The van der Waals surface area contributed by atoms with Crippen LogP contribution >= 0.6 is 0 Å². The first kappa shape index (κ1) is 16.1. The van der Waals surface area contributed by atoms with Crippen LogP contribution in [0.1, 0.15) is 20.8 Å². The molecule has 0 saturated heterocycles. The van der Waals surface area contributed by atoms with Gasteiger partial charge in [0.15, 0.2) is 0 Å². The van der Waals surface area contributed by atoms with Crippen LogP contribution in [0.4, 0.5) is 0 Å². The van der Waals surface area contributed by atoms with Gasteiger partial charge in [-0.1, -0.05) is 32.9 Å². The Hall–Kier alpha value is -1.26.